The smallest absolute Gasteiger partial charge is 0.265 e. The van der Waals surface area contributed by atoms with Crippen LogP contribution >= 0.6 is 23.2 Å². The Morgan fingerprint density at radius 1 is 1.00 bits per heavy atom. The fraction of sp³-hybridized carbons (Fsp3) is 0.174. The quantitative estimate of drug-likeness (QED) is 0.523. The summed E-state index contributed by atoms with van der Waals surface area (Å²) in [6.45, 7) is 0.188. The van der Waals surface area contributed by atoms with E-state index < -0.39 is 16.1 Å². The van der Waals surface area contributed by atoms with Crippen LogP contribution < -0.4 is 9.04 Å². The van der Waals surface area contributed by atoms with Crippen LogP contribution in [0, 0.1) is 0 Å². The molecule has 1 heterocycles. The Morgan fingerprint density at radius 3 is 2.25 bits per heavy atom. The number of benzene rings is 3. The third kappa shape index (κ3) is 4.55. The van der Waals surface area contributed by atoms with Crippen LogP contribution in [0.15, 0.2) is 77.7 Å². The Labute approximate surface area is 197 Å². The third-order valence-electron chi connectivity index (χ3n) is 5.12. The number of rotatable bonds is 5. The number of ether oxygens (including phenoxy) is 1. The van der Waals surface area contributed by atoms with Crippen molar-refractivity contribution in [1.29, 1.82) is 0 Å². The Balaban J connectivity index is 1.62. The van der Waals surface area contributed by atoms with Crippen molar-refractivity contribution in [3.8, 4) is 5.75 Å². The van der Waals surface area contributed by atoms with Crippen LogP contribution in [0.1, 0.15) is 5.56 Å². The number of likely N-dealkylation sites (N-methyl/N-ethyl adjacent to an activating group) is 1. The summed E-state index contributed by atoms with van der Waals surface area (Å²) in [6.07, 6.45) is -0.996. The molecule has 1 amide bonds. The Kier molecular flexibility index (Phi) is 6.33. The second-order valence-corrected chi connectivity index (χ2v) is 10.1. The van der Waals surface area contributed by atoms with Gasteiger partial charge in [0.1, 0.15) is 5.75 Å². The van der Waals surface area contributed by atoms with E-state index in [9.17, 15) is 13.2 Å². The second kappa shape index (κ2) is 9.02. The van der Waals surface area contributed by atoms with Gasteiger partial charge in [0.25, 0.3) is 15.9 Å². The van der Waals surface area contributed by atoms with Gasteiger partial charge in [-0.2, -0.15) is 0 Å². The van der Waals surface area contributed by atoms with Gasteiger partial charge in [0, 0.05) is 23.6 Å². The number of nitrogens with zero attached hydrogens (tertiary/aromatic N) is 2. The number of hydrogen-bond acceptors (Lipinski definition) is 4. The van der Waals surface area contributed by atoms with Crippen LogP contribution in [0.5, 0.6) is 5.75 Å². The van der Waals surface area contributed by atoms with Crippen molar-refractivity contribution in [2.75, 3.05) is 17.9 Å². The van der Waals surface area contributed by atoms with E-state index in [4.69, 9.17) is 27.9 Å². The van der Waals surface area contributed by atoms with E-state index in [0.29, 0.717) is 28.0 Å². The van der Waals surface area contributed by atoms with Gasteiger partial charge in [-0.1, -0.05) is 47.5 Å². The fourth-order valence-electron chi connectivity index (χ4n) is 3.48. The number of carbonyl (C=O) groups excluding carboxylic acids is 1. The van der Waals surface area contributed by atoms with Crippen LogP contribution in [0.2, 0.25) is 10.0 Å². The van der Waals surface area contributed by atoms with E-state index in [-0.39, 0.29) is 17.3 Å². The molecule has 9 heteroatoms. The van der Waals surface area contributed by atoms with E-state index in [1.54, 1.807) is 43.4 Å². The van der Waals surface area contributed by atoms with Crippen molar-refractivity contribution in [3.05, 3.63) is 88.4 Å². The molecule has 0 bridgehead atoms. The van der Waals surface area contributed by atoms with Crippen LogP contribution in [0.4, 0.5) is 5.69 Å². The molecule has 3 aromatic carbocycles. The average Bonchev–Trinajstić information content (AvgIpc) is 2.79. The average molecular weight is 491 g/mol. The summed E-state index contributed by atoms with van der Waals surface area (Å²) in [5.41, 5.74) is 1.28. The molecule has 1 atom stereocenters. The normalized spacial score (nSPS) is 15.6. The zero-order chi connectivity index (χ0) is 22.9. The number of amides is 1. The van der Waals surface area contributed by atoms with Crippen LogP contribution in [0.3, 0.4) is 0 Å². The molecule has 0 saturated heterocycles. The molecule has 0 radical (unpaired) electrons. The maximum Gasteiger partial charge on any atom is 0.265 e. The van der Waals surface area contributed by atoms with Crippen LogP contribution in [0.25, 0.3) is 0 Å². The van der Waals surface area contributed by atoms with Crippen molar-refractivity contribution in [2.24, 2.45) is 0 Å². The molecule has 1 aliphatic heterocycles. The maximum absolute atomic E-state index is 13.4. The van der Waals surface area contributed by atoms with Crippen molar-refractivity contribution >= 4 is 44.8 Å². The maximum atomic E-state index is 13.4. The van der Waals surface area contributed by atoms with Gasteiger partial charge in [-0.3, -0.25) is 9.10 Å². The van der Waals surface area contributed by atoms with Gasteiger partial charge in [0.2, 0.25) is 0 Å². The number of hydrogen-bond donors (Lipinski definition) is 0. The first-order chi connectivity index (χ1) is 15.3. The summed E-state index contributed by atoms with van der Waals surface area (Å²) in [5.74, 6) is 0.000269. The van der Waals surface area contributed by atoms with Gasteiger partial charge in [-0.05, 0) is 54.1 Å². The molecule has 166 valence electrons. The van der Waals surface area contributed by atoms with Crippen LogP contribution in [-0.4, -0.2) is 38.9 Å². The molecule has 1 unspecified atom stereocenters. The van der Waals surface area contributed by atoms with Gasteiger partial charge in [-0.25, -0.2) is 8.42 Å². The molecule has 0 fully saturated rings. The van der Waals surface area contributed by atoms with E-state index in [0.717, 1.165) is 5.56 Å². The van der Waals surface area contributed by atoms with Gasteiger partial charge in [0.15, 0.2) is 6.10 Å². The van der Waals surface area contributed by atoms with E-state index in [1.807, 2.05) is 12.1 Å². The molecular weight excluding hydrogens is 471 g/mol. The molecule has 6 nitrogen and oxygen atoms in total. The molecule has 1 aliphatic rings. The number of sulfonamides is 1. The summed E-state index contributed by atoms with van der Waals surface area (Å²) < 4.78 is 34.0. The van der Waals surface area contributed by atoms with Crippen molar-refractivity contribution in [3.63, 3.8) is 0 Å². The predicted octanol–water partition coefficient (Wildman–Crippen LogP) is 4.61. The number of fused-ring (bicyclic) bond motifs is 1. The third-order valence-corrected chi connectivity index (χ3v) is 7.42. The molecule has 0 spiro atoms. The Bertz CT molecular complexity index is 1230. The lowest BCUT2D eigenvalue weighted by molar-refractivity contribution is -0.137. The van der Waals surface area contributed by atoms with Gasteiger partial charge >= 0.3 is 0 Å². The highest BCUT2D eigenvalue weighted by Gasteiger charge is 2.38. The lowest BCUT2D eigenvalue weighted by Crippen LogP contribution is -2.50. The van der Waals surface area contributed by atoms with Gasteiger partial charge in [-0.15, -0.1) is 0 Å². The minimum atomic E-state index is -3.94. The van der Waals surface area contributed by atoms with Crippen molar-refractivity contribution in [1.82, 2.24) is 4.90 Å². The molecule has 0 N–H and O–H groups in total. The van der Waals surface area contributed by atoms with Crippen molar-refractivity contribution < 1.29 is 17.9 Å². The lowest BCUT2D eigenvalue weighted by Gasteiger charge is -2.36. The van der Waals surface area contributed by atoms with Gasteiger partial charge in [0.05, 0.1) is 17.1 Å². The van der Waals surface area contributed by atoms with E-state index >= 15 is 0 Å². The number of para-hydroxylation sites is 2. The minimum absolute atomic E-state index is 0.0827. The Morgan fingerprint density at radius 2 is 1.59 bits per heavy atom. The lowest BCUT2D eigenvalue weighted by atomic mass is 10.2. The molecule has 0 aliphatic carbocycles. The van der Waals surface area contributed by atoms with Gasteiger partial charge < -0.3 is 9.64 Å². The SMILES string of the molecule is CN(Cc1ccc(Cl)cc1)C(=O)C1CN(S(=O)(=O)c2ccc(Cl)cc2)c2ccccc2O1. The highest BCUT2D eigenvalue weighted by atomic mass is 35.5. The topological polar surface area (TPSA) is 66.9 Å². The molecular formula is C23H20Cl2N2O4S. The summed E-state index contributed by atoms with van der Waals surface area (Å²) in [5, 5.41) is 1.04. The Hall–Kier alpha value is -2.74. The molecule has 0 saturated carbocycles. The molecule has 32 heavy (non-hydrogen) atoms. The predicted molar refractivity (Wildman–Crippen MR) is 125 cm³/mol. The van der Waals surface area contributed by atoms with Crippen molar-refractivity contribution in [2.45, 2.75) is 17.5 Å². The largest absolute Gasteiger partial charge is 0.476 e. The van der Waals surface area contributed by atoms with Crippen LogP contribution in [-0.2, 0) is 21.4 Å². The minimum Gasteiger partial charge on any atom is -0.476 e. The summed E-state index contributed by atoms with van der Waals surface area (Å²) in [7, 11) is -2.29. The second-order valence-electron chi connectivity index (χ2n) is 7.39. The van der Waals surface area contributed by atoms with E-state index in [1.165, 1.54) is 33.5 Å². The monoisotopic (exact) mass is 490 g/mol. The number of carbonyl (C=O) groups is 1. The number of halogens is 2. The molecule has 3 aromatic rings. The number of anilines is 1. The summed E-state index contributed by atoms with van der Waals surface area (Å²) >= 11 is 11.8. The first kappa shape index (κ1) is 22.5. The summed E-state index contributed by atoms with van der Waals surface area (Å²) in [4.78, 5) is 14.8. The van der Waals surface area contributed by atoms with E-state index in [2.05, 4.69) is 0 Å². The highest BCUT2D eigenvalue weighted by Crippen LogP contribution is 2.37. The zero-order valence-electron chi connectivity index (χ0n) is 17.1. The molecule has 4 rings (SSSR count). The fourth-order valence-corrected chi connectivity index (χ4v) is 5.21. The summed E-state index contributed by atoms with van der Waals surface area (Å²) in [6, 6.07) is 19.9. The molecule has 0 aromatic heterocycles. The zero-order valence-corrected chi connectivity index (χ0v) is 19.4. The first-order valence-electron chi connectivity index (χ1n) is 9.79. The first-order valence-corrected chi connectivity index (χ1v) is 12.0. The standard InChI is InChI=1S/C23H20Cl2N2O4S/c1-26(14-16-6-8-17(24)9-7-16)23(28)22-15-27(20-4-2-3-5-21(20)31-22)32(29,30)19-12-10-18(25)11-13-19/h2-13,22H,14-15H2,1H3. The highest BCUT2D eigenvalue weighted by molar-refractivity contribution is 7.92.